The highest BCUT2D eigenvalue weighted by atomic mass is 35.5. The largest absolute Gasteiger partial charge is 0.477 e. The number of rotatable bonds is 5. The van der Waals surface area contributed by atoms with E-state index in [2.05, 4.69) is 4.90 Å². The second kappa shape index (κ2) is 6.19. The van der Waals surface area contributed by atoms with Crippen LogP contribution in [0.1, 0.15) is 20.8 Å². The van der Waals surface area contributed by atoms with Crippen LogP contribution in [0.3, 0.4) is 0 Å². The zero-order valence-corrected chi connectivity index (χ0v) is 12.0. The molecule has 1 aromatic heterocycles. The van der Waals surface area contributed by atoms with Gasteiger partial charge in [0.25, 0.3) is 0 Å². The van der Waals surface area contributed by atoms with Gasteiger partial charge in [0.2, 0.25) is 0 Å². The lowest BCUT2D eigenvalue weighted by atomic mass is 10.2. The lowest BCUT2D eigenvalue weighted by molar-refractivity contribution is 0.0700. The summed E-state index contributed by atoms with van der Waals surface area (Å²) in [4.78, 5) is 13.5. The summed E-state index contributed by atoms with van der Waals surface area (Å²) in [5, 5.41) is 11.6. The average molecular weight is 296 g/mol. The number of carbonyl (C=O) groups is 1. The van der Waals surface area contributed by atoms with Gasteiger partial charge in [-0.25, -0.2) is 4.79 Å². The Bertz CT molecular complexity index is 582. The highest BCUT2D eigenvalue weighted by Crippen LogP contribution is 2.19. The summed E-state index contributed by atoms with van der Waals surface area (Å²) in [5.74, 6) is -0.860. The maximum absolute atomic E-state index is 11.0. The fraction of sp³-hybridized carbons (Fsp3) is 0.214. The molecule has 0 fully saturated rings. The molecule has 0 bridgehead atoms. The fourth-order valence-electron chi connectivity index (χ4n) is 1.94. The molecule has 0 atom stereocenters. The zero-order valence-electron chi connectivity index (χ0n) is 10.5. The van der Waals surface area contributed by atoms with Crippen LogP contribution in [-0.4, -0.2) is 23.0 Å². The molecule has 19 heavy (non-hydrogen) atoms. The van der Waals surface area contributed by atoms with Crippen LogP contribution in [-0.2, 0) is 13.1 Å². The summed E-state index contributed by atoms with van der Waals surface area (Å²) >= 11 is 7.20. The Hall–Kier alpha value is -1.36. The topological polar surface area (TPSA) is 40.5 Å². The van der Waals surface area contributed by atoms with Crippen molar-refractivity contribution < 1.29 is 9.90 Å². The van der Waals surface area contributed by atoms with Crippen LogP contribution in [0.4, 0.5) is 0 Å². The number of thiophene rings is 1. The monoisotopic (exact) mass is 295 g/mol. The maximum atomic E-state index is 11.0. The van der Waals surface area contributed by atoms with E-state index in [4.69, 9.17) is 16.7 Å². The lowest BCUT2D eigenvalue weighted by Crippen LogP contribution is -2.18. The highest BCUT2D eigenvalue weighted by molar-refractivity contribution is 7.12. The molecule has 1 aromatic carbocycles. The van der Waals surface area contributed by atoms with Gasteiger partial charge >= 0.3 is 5.97 Å². The van der Waals surface area contributed by atoms with E-state index in [1.54, 1.807) is 0 Å². The van der Waals surface area contributed by atoms with E-state index in [0.29, 0.717) is 16.4 Å². The number of aromatic carboxylic acids is 1. The molecule has 3 nitrogen and oxygen atoms in total. The molecule has 0 unspecified atom stereocenters. The summed E-state index contributed by atoms with van der Waals surface area (Å²) in [6, 6.07) is 9.55. The number of carboxylic acid groups (broad SMARTS) is 1. The molecule has 0 spiro atoms. The Kier molecular flexibility index (Phi) is 4.58. The predicted molar refractivity (Wildman–Crippen MR) is 77.9 cm³/mol. The van der Waals surface area contributed by atoms with Crippen LogP contribution in [0.25, 0.3) is 0 Å². The third-order valence-electron chi connectivity index (χ3n) is 2.72. The molecule has 0 aliphatic rings. The van der Waals surface area contributed by atoms with E-state index in [1.165, 1.54) is 11.3 Å². The van der Waals surface area contributed by atoms with Crippen molar-refractivity contribution in [3.8, 4) is 0 Å². The van der Waals surface area contributed by atoms with Crippen molar-refractivity contribution in [1.82, 2.24) is 4.90 Å². The molecule has 100 valence electrons. The SMILES string of the molecule is CN(Cc1cccc(Cl)c1)Cc1ccsc1C(=O)O. The van der Waals surface area contributed by atoms with Gasteiger partial charge in [-0.2, -0.15) is 0 Å². The Morgan fingerprint density at radius 3 is 2.84 bits per heavy atom. The van der Waals surface area contributed by atoms with Gasteiger partial charge in [0.1, 0.15) is 4.88 Å². The minimum Gasteiger partial charge on any atom is -0.477 e. The number of halogens is 1. The van der Waals surface area contributed by atoms with Crippen molar-refractivity contribution >= 4 is 28.9 Å². The molecule has 2 rings (SSSR count). The van der Waals surface area contributed by atoms with Crippen molar-refractivity contribution in [2.24, 2.45) is 0 Å². The van der Waals surface area contributed by atoms with Crippen molar-refractivity contribution in [2.75, 3.05) is 7.05 Å². The van der Waals surface area contributed by atoms with Crippen LogP contribution >= 0.6 is 22.9 Å². The number of carboxylic acids is 1. The van der Waals surface area contributed by atoms with E-state index in [0.717, 1.165) is 17.7 Å². The van der Waals surface area contributed by atoms with E-state index < -0.39 is 5.97 Å². The molecule has 0 amide bonds. The third-order valence-corrected chi connectivity index (χ3v) is 3.90. The first-order chi connectivity index (χ1) is 9.06. The second-order valence-corrected chi connectivity index (χ2v) is 5.73. The first-order valence-electron chi connectivity index (χ1n) is 5.79. The molecule has 0 saturated heterocycles. The van der Waals surface area contributed by atoms with Crippen molar-refractivity contribution in [2.45, 2.75) is 13.1 Å². The summed E-state index contributed by atoms with van der Waals surface area (Å²) in [6.07, 6.45) is 0. The van der Waals surface area contributed by atoms with E-state index in [9.17, 15) is 4.79 Å². The van der Waals surface area contributed by atoms with Gasteiger partial charge in [0, 0.05) is 18.1 Å². The smallest absolute Gasteiger partial charge is 0.346 e. The molecule has 0 radical (unpaired) electrons. The van der Waals surface area contributed by atoms with Gasteiger partial charge < -0.3 is 5.11 Å². The van der Waals surface area contributed by atoms with Crippen LogP contribution in [0, 0.1) is 0 Å². The van der Waals surface area contributed by atoms with Gasteiger partial charge in [0.05, 0.1) is 0 Å². The molecule has 0 aliphatic carbocycles. The van der Waals surface area contributed by atoms with Gasteiger partial charge in [-0.1, -0.05) is 23.7 Å². The molecular formula is C14H14ClNO2S. The Balaban J connectivity index is 2.03. The van der Waals surface area contributed by atoms with Gasteiger partial charge in [-0.3, -0.25) is 4.90 Å². The van der Waals surface area contributed by atoms with Crippen molar-refractivity contribution in [3.05, 3.63) is 56.7 Å². The van der Waals surface area contributed by atoms with Crippen LogP contribution in [0.2, 0.25) is 5.02 Å². The van der Waals surface area contributed by atoms with Crippen molar-refractivity contribution in [3.63, 3.8) is 0 Å². The fourth-order valence-corrected chi connectivity index (χ4v) is 2.91. The summed E-state index contributed by atoms with van der Waals surface area (Å²) < 4.78 is 0. The number of benzene rings is 1. The Labute approximate surface area is 121 Å². The molecule has 5 heteroatoms. The Morgan fingerprint density at radius 2 is 2.16 bits per heavy atom. The molecule has 0 aliphatic heterocycles. The number of nitrogens with zero attached hydrogens (tertiary/aromatic N) is 1. The Morgan fingerprint density at radius 1 is 1.37 bits per heavy atom. The predicted octanol–water partition coefficient (Wildman–Crippen LogP) is 3.73. The number of hydrogen-bond acceptors (Lipinski definition) is 3. The van der Waals surface area contributed by atoms with Crippen LogP contribution in [0.5, 0.6) is 0 Å². The van der Waals surface area contributed by atoms with E-state index >= 15 is 0 Å². The molecular weight excluding hydrogens is 282 g/mol. The standard InChI is InChI=1S/C14H14ClNO2S/c1-16(8-10-3-2-4-12(15)7-10)9-11-5-6-19-13(11)14(17)18/h2-7H,8-9H2,1H3,(H,17,18). The number of hydrogen-bond donors (Lipinski definition) is 1. The van der Waals surface area contributed by atoms with Gasteiger partial charge in [-0.15, -0.1) is 11.3 Å². The first kappa shape index (κ1) is 14.1. The van der Waals surface area contributed by atoms with Gasteiger partial charge in [-0.05, 0) is 41.8 Å². The quantitative estimate of drug-likeness (QED) is 0.913. The van der Waals surface area contributed by atoms with E-state index in [-0.39, 0.29) is 0 Å². The third kappa shape index (κ3) is 3.80. The molecule has 2 aromatic rings. The maximum Gasteiger partial charge on any atom is 0.346 e. The normalized spacial score (nSPS) is 10.9. The van der Waals surface area contributed by atoms with E-state index in [1.807, 2.05) is 42.8 Å². The zero-order chi connectivity index (χ0) is 13.8. The average Bonchev–Trinajstić information content (AvgIpc) is 2.76. The molecule has 1 heterocycles. The first-order valence-corrected chi connectivity index (χ1v) is 7.04. The molecule has 1 N–H and O–H groups in total. The summed E-state index contributed by atoms with van der Waals surface area (Å²) in [5.41, 5.74) is 1.96. The highest BCUT2D eigenvalue weighted by Gasteiger charge is 2.13. The van der Waals surface area contributed by atoms with Crippen molar-refractivity contribution in [1.29, 1.82) is 0 Å². The van der Waals surface area contributed by atoms with Crippen LogP contribution in [0.15, 0.2) is 35.7 Å². The second-order valence-electron chi connectivity index (χ2n) is 4.38. The summed E-state index contributed by atoms with van der Waals surface area (Å²) in [6.45, 7) is 1.34. The van der Waals surface area contributed by atoms with Crippen LogP contribution < -0.4 is 0 Å². The lowest BCUT2D eigenvalue weighted by Gasteiger charge is -2.16. The minimum absolute atomic E-state index is 0.415. The van der Waals surface area contributed by atoms with Gasteiger partial charge in [0.15, 0.2) is 0 Å². The minimum atomic E-state index is -0.860. The summed E-state index contributed by atoms with van der Waals surface area (Å²) in [7, 11) is 1.96. The molecule has 0 saturated carbocycles.